The average Bonchev–Trinajstić information content (AvgIpc) is 2.33. The average molecular weight is 246 g/mol. The molecule has 0 aliphatic rings. The second kappa shape index (κ2) is 6.11. The van der Waals surface area contributed by atoms with Crippen molar-refractivity contribution in [2.45, 2.75) is 20.8 Å². The third kappa shape index (κ3) is 4.92. The molecule has 18 heavy (non-hydrogen) atoms. The fourth-order valence-corrected chi connectivity index (χ4v) is 1.23. The fraction of sp³-hybridized carbons (Fsp3) is 0.400. The third-order valence-electron chi connectivity index (χ3n) is 2.05. The van der Waals surface area contributed by atoms with Gasteiger partial charge in [0, 0.05) is 5.41 Å². The number of esters is 1. The number of hydrogen-bond donors (Lipinski definition) is 0. The van der Waals surface area contributed by atoms with Crippen LogP contribution in [0.1, 0.15) is 31.1 Å². The van der Waals surface area contributed by atoms with Crippen molar-refractivity contribution in [2.24, 2.45) is 5.41 Å². The molecule has 96 valence electrons. The lowest BCUT2D eigenvalue weighted by Gasteiger charge is -2.07. The summed E-state index contributed by atoms with van der Waals surface area (Å²) in [4.78, 5) is 11.2. The molecule has 0 unspecified atom stereocenters. The lowest BCUT2D eigenvalue weighted by molar-refractivity contribution is 0.0600. The molecule has 0 saturated carbocycles. The Morgan fingerprint density at radius 3 is 2.33 bits per heavy atom. The van der Waals surface area contributed by atoms with Crippen LogP contribution in [-0.4, -0.2) is 19.7 Å². The first kappa shape index (κ1) is 14.1. The molecule has 0 N–H and O–H groups in total. The van der Waals surface area contributed by atoms with Crippen LogP contribution in [-0.2, 0) is 4.74 Å². The van der Waals surface area contributed by atoms with Crippen LogP contribution >= 0.6 is 0 Å². The van der Waals surface area contributed by atoms with Crippen molar-refractivity contribution in [1.29, 1.82) is 0 Å². The van der Waals surface area contributed by atoms with Gasteiger partial charge in [-0.1, -0.05) is 11.8 Å². The maximum absolute atomic E-state index is 11.2. The molecule has 0 bridgehead atoms. The van der Waals surface area contributed by atoms with Crippen LogP contribution < -0.4 is 4.74 Å². The van der Waals surface area contributed by atoms with Crippen molar-refractivity contribution in [1.82, 2.24) is 0 Å². The number of hydrogen-bond acceptors (Lipinski definition) is 3. The Kier molecular flexibility index (Phi) is 4.79. The van der Waals surface area contributed by atoms with E-state index in [0.717, 1.165) is 0 Å². The van der Waals surface area contributed by atoms with Gasteiger partial charge in [0.15, 0.2) is 0 Å². The van der Waals surface area contributed by atoms with Crippen LogP contribution in [0.15, 0.2) is 24.3 Å². The van der Waals surface area contributed by atoms with Crippen molar-refractivity contribution in [3.63, 3.8) is 0 Å². The summed E-state index contributed by atoms with van der Waals surface area (Å²) in [5.41, 5.74) is 0.489. The molecule has 0 heterocycles. The van der Waals surface area contributed by atoms with Crippen LogP contribution in [0.3, 0.4) is 0 Å². The van der Waals surface area contributed by atoms with Gasteiger partial charge in [-0.05, 0) is 45.0 Å². The normalized spacial score (nSPS) is 10.2. The van der Waals surface area contributed by atoms with Gasteiger partial charge in [-0.3, -0.25) is 0 Å². The minimum atomic E-state index is -0.353. The van der Waals surface area contributed by atoms with E-state index in [-0.39, 0.29) is 11.4 Å². The highest BCUT2D eigenvalue weighted by atomic mass is 16.5. The summed E-state index contributed by atoms with van der Waals surface area (Å²) < 4.78 is 10.1. The van der Waals surface area contributed by atoms with Gasteiger partial charge in [0.2, 0.25) is 0 Å². The molecule has 0 spiro atoms. The molecule has 0 aliphatic carbocycles. The second-order valence-electron chi connectivity index (χ2n) is 4.86. The molecule has 0 radical (unpaired) electrons. The Bertz CT molecular complexity index is 455. The molecule has 0 saturated heterocycles. The summed E-state index contributed by atoms with van der Waals surface area (Å²) in [7, 11) is 1.36. The van der Waals surface area contributed by atoms with Crippen LogP contribution in [0.2, 0.25) is 0 Å². The standard InChI is InChI=1S/C15H18O3/c1-15(2,3)10-5-11-18-13-8-6-12(7-9-13)14(16)17-4/h6-9H,11H2,1-4H3. The van der Waals surface area contributed by atoms with Crippen molar-refractivity contribution in [3.05, 3.63) is 29.8 Å². The van der Waals surface area contributed by atoms with E-state index >= 15 is 0 Å². The van der Waals surface area contributed by atoms with Crippen LogP contribution in [0.5, 0.6) is 5.75 Å². The van der Waals surface area contributed by atoms with Gasteiger partial charge in [-0.25, -0.2) is 4.79 Å². The minimum Gasteiger partial charge on any atom is -0.481 e. The van der Waals surface area contributed by atoms with Crippen molar-refractivity contribution in [3.8, 4) is 17.6 Å². The lowest BCUT2D eigenvalue weighted by Crippen LogP contribution is -2.02. The molecule has 0 atom stereocenters. The second-order valence-corrected chi connectivity index (χ2v) is 4.86. The largest absolute Gasteiger partial charge is 0.481 e. The SMILES string of the molecule is COC(=O)c1ccc(OCC#CC(C)(C)C)cc1. The molecule has 3 heteroatoms. The third-order valence-corrected chi connectivity index (χ3v) is 2.05. The van der Waals surface area contributed by atoms with E-state index in [2.05, 4.69) is 16.6 Å². The topological polar surface area (TPSA) is 35.5 Å². The van der Waals surface area contributed by atoms with Gasteiger partial charge in [0.1, 0.15) is 12.4 Å². The fourth-order valence-electron chi connectivity index (χ4n) is 1.23. The first-order valence-corrected chi connectivity index (χ1v) is 5.73. The predicted octanol–water partition coefficient (Wildman–Crippen LogP) is 2.90. The van der Waals surface area contributed by atoms with Crippen molar-refractivity contribution in [2.75, 3.05) is 13.7 Å². The summed E-state index contributed by atoms with van der Waals surface area (Å²) in [5.74, 6) is 6.37. The summed E-state index contributed by atoms with van der Waals surface area (Å²) >= 11 is 0. The summed E-state index contributed by atoms with van der Waals surface area (Å²) in [5, 5.41) is 0. The molecule has 0 aliphatic heterocycles. The van der Waals surface area contributed by atoms with Gasteiger partial charge in [0.05, 0.1) is 12.7 Å². The highest BCUT2D eigenvalue weighted by Crippen LogP contribution is 2.13. The van der Waals surface area contributed by atoms with Gasteiger partial charge in [-0.15, -0.1) is 0 Å². The number of rotatable bonds is 3. The van der Waals surface area contributed by atoms with E-state index in [4.69, 9.17) is 4.74 Å². The Hall–Kier alpha value is -1.95. The zero-order valence-electron chi connectivity index (χ0n) is 11.2. The minimum absolute atomic E-state index is 0.0158. The molecule has 0 aromatic heterocycles. The van der Waals surface area contributed by atoms with Crippen LogP contribution in [0.25, 0.3) is 0 Å². The number of benzene rings is 1. The summed E-state index contributed by atoms with van der Waals surface area (Å²) in [6.07, 6.45) is 0. The molecule has 1 rings (SSSR count). The van der Waals surface area contributed by atoms with Gasteiger partial charge < -0.3 is 9.47 Å². The zero-order chi connectivity index (χ0) is 13.6. The molecule has 0 fully saturated rings. The Labute approximate surface area is 108 Å². The first-order valence-electron chi connectivity index (χ1n) is 5.73. The lowest BCUT2D eigenvalue weighted by atomic mass is 9.98. The highest BCUT2D eigenvalue weighted by molar-refractivity contribution is 5.89. The number of carbonyl (C=O) groups is 1. The molecular weight excluding hydrogens is 228 g/mol. The zero-order valence-corrected chi connectivity index (χ0v) is 11.2. The quantitative estimate of drug-likeness (QED) is 0.607. The molecular formula is C15H18O3. The Balaban J connectivity index is 2.54. The van der Waals surface area contributed by atoms with Gasteiger partial charge in [0.25, 0.3) is 0 Å². The first-order chi connectivity index (χ1) is 8.42. The van der Waals surface area contributed by atoms with E-state index in [1.165, 1.54) is 7.11 Å². The summed E-state index contributed by atoms with van der Waals surface area (Å²) in [6, 6.07) is 6.78. The Morgan fingerprint density at radius 2 is 1.83 bits per heavy atom. The molecule has 0 amide bonds. The van der Waals surface area contributed by atoms with Crippen LogP contribution in [0, 0.1) is 17.3 Å². The molecule has 1 aromatic rings. The van der Waals surface area contributed by atoms with E-state index in [0.29, 0.717) is 17.9 Å². The number of carbonyl (C=O) groups excluding carboxylic acids is 1. The predicted molar refractivity (Wildman–Crippen MR) is 70.5 cm³/mol. The maximum Gasteiger partial charge on any atom is 0.337 e. The number of methoxy groups -OCH3 is 1. The van der Waals surface area contributed by atoms with Crippen LogP contribution in [0.4, 0.5) is 0 Å². The number of ether oxygens (including phenoxy) is 2. The van der Waals surface area contributed by atoms with E-state index in [1.807, 2.05) is 20.8 Å². The van der Waals surface area contributed by atoms with Gasteiger partial charge in [-0.2, -0.15) is 0 Å². The van der Waals surface area contributed by atoms with E-state index < -0.39 is 0 Å². The highest BCUT2D eigenvalue weighted by Gasteiger charge is 2.05. The van der Waals surface area contributed by atoms with E-state index in [9.17, 15) is 4.79 Å². The smallest absolute Gasteiger partial charge is 0.337 e. The van der Waals surface area contributed by atoms with Crippen molar-refractivity contribution >= 4 is 5.97 Å². The molecule has 1 aromatic carbocycles. The van der Waals surface area contributed by atoms with E-state index in [1.54, 1.807) is 24.3 Å². The van der Waals surface area contributed by atoms with Gasteiger partial charge >= 0.3 is 5.97 Å². The monoisotopic (exact) mass is 246 g/mol. The maximum atomic E-state index is 11.2. The Morgan fingerprint density at radius 1 is 1.22 bits per heavy atom. The summed E-state index contributed by atoms with van der Waals surface area (Å²) in [6.45, 7) is 6.48. The molecule has 3 nitrogen and oxygen atoms in total. The van der Waals surface area contributed by atoms with Crippen molar-refractivity contribution < 1.29 is 14.3 Å².